The number of aliphatic hydroxyl groups excluding tert-OH is 1. The first-order valence-electron chi connectivity index (χ1n) is 7.91. The van der Waals surface area contributed by atoms with Gasteiger partial charge in [0, 0.05) is 0 Å². The van der Waals surface area contributed by atoms with Gasteiger partial charge in [-0.25, -0.2) is 9.78 Å². The first-order valence-corrected chi connectivity index (χ1v) is 7.91. The van der Waals surface area contributed by atoms with Crippen LogP contribution in [0.1, 0.15) is 21.7 Å². The Balaban J connectivity index is 1.78. The molecule has 0 saturated heterocycles. The highest BCUT2D eigenvalue weighted by Gasteiger charge is 2.31. The first kappa shape index (κ1) is 19.0. The summed E-state index contributed by atoms with van der Waals surface area (Å²) in [6, 6.07) is 12.4. The highest BCUT2D eigenvalue weighted by Crippen LogP contribution is 2.29. The summed E-state index contributed by atoms with van der Waals surface area (Å²) in [7, 11) is 0. The van der Waals surface area contributed by atoms with Crippen molar-refractivity contribution in [2.24, 2.45) is 0 Å². The van der Waals surface area contributed by atoms with Gasteiger partial charge in [-0.05, 0) is 30.3 Å². The molecule has 0 bridgehead atoms. The first-order chi connectivity index (χ1) is 13.3. The number of imidazole rings is 1. The van der Waals surface area contributed by atoms with Crippen molar-refractivity contribution in [3.63, 3.8) is 0 Å². The van der Waals surface area contributed by atoms with E-state index in [9.17, 15) is 28.3 Å². The van der Waals surface area contributed by atoms with Crippen LogP contribution in [-0.2, 0) is 10.9 Å². The normalized spacial score (nSPS) is 12.4. The van der Waals surface area contributed by atoms with Crippen molar-refractivity contribution in [3.8, 4) is 6.07 Å². The number of fused-ring (bicyclic) bond motifs is 1. The van der Waals surface area contributed by atoms with Gasteiger partial charge < -0.3 is 14.8 Å². The van der Waals surface area contributed by atoms with E-state index in [2.05, 4.69) is 9.97 Å². The zero-order valence-corrected chi connectivity index (χ0v) is 14.1. The number of H-pyrrole nitrogens is 1. The van der Waals surface area contributed by atoms with Crippen LogP contribution in [0.25, 0.3) is 16.6 Å². The van der Waals surface area contributed by atoms with Crippen LogP contribution in [0.5, 0.6) is 0 Å². The maximum Gasteiger partial charge on any atom is 0.416 e. The molecule has 0 amide bonds. The molecule has 3 aromatic rings. The van der Waals surface area contributed by atoms with E-state index in [4.69, 9.17) is 4.74 Å². The van der Waals surface area contributed by atoms with Gasteiger partial charge in [0.25, 0.3) is 0 Å². The number of nitriles is 1. The molecule has 0 aliphatic rings. The highest BCUT2D eigenvalue weighted by molar-refractivity contribution is 5.90. The average molecular weight is 387 g/mol. The lowest BCUT2D eigenvalue weighted by atomic mass is 10.1. The van der Waals surface area contributed by atoms with Crippen LogP contribution >= 0.6 is 0 Å². The smallest absolute Gasteiger partial charge is 0.416 e. The number of para-hydroxylation sites is 2. The lowest BCUT2D eigenvalue weighted by molar-refractivity contribution is -0.137. The van der Waals surface area contributed by atoms with Crippen LogP contribution in [0, 0.1) is 11.3 Å². The van der Waals surface area contributed by atoms with Gasteiger partial charge in [0.15, 0.2) is 11.6 Å². The summed E-state index contributed by atoms with van der Waals surface area (Å²) < 4.78 is 43.0. The van der Waals surface area contributed by atoms with Crippen molar-refractivity contribution in [3.05, 3.63) is 71.2 Å². The molecule has 0 saturated carbocycles. The van der Waals surface area contributed by atoms with Crippen molar-refractivity contribution >= 4 is 22.6 Å². The van der Waals surface area contributed by atoms with Crippen molar-refractivity contribution < 1.29 is 27.8 Å². The number of benzene rings is 2. The number of esters is 1. The van der Waals surface area contributed by atoms with Crippen LogP contribution < -0.4 is 0 Å². The minimum Gasteiger partial charge on any atom is -0.507 e. The number of aromatic nitrogens is 2. The fourth-order valence-corrected chi connectivity index (χ4v) is 2.44. The van der Waals surface area contributed by atoms with Gasteiger partial charge in [0.2, 0.25) is 0 Å². The summed E-state index contributed by atoms with van der Waals surface area (Å²) in [6.45, 7) is -0.699. The number of hydrogen-bond donors (Lipinski definition) is 2. The number of nitrogens with zero attached hydrogens (tertiary/aromatic N) is 2. The summed E-state index contributed by atoms with van der Waals surface area (Å²) in [5.74, 6) is -1.57. The number of halogens is 3. The van der Waals surface area contributed by atoms with E-state index in [-0.39, 0.29) is 17.0 Å². The number of hydrogen-bond acceptors (Lipinski definition) is 5. The Bertz CT molecular complexity index is 1080. The summed E-state index contributed by atoms with van der Waals surface area (Å²) in [5.41, 5.74) is -0.363. The molecule has 1 heterocycles. The highest BCUT2D eigenvalue weighted by atomic mass is 19.4. The Hall–Kier alpha value is -3.80. The molecule has 0 atom stereocenters. The molecule has 3 rings (SSSR count). The lowest BCUT2D eigenvalue weighted by Gasteiger charge is -2.09. The van der Waals surface area contributed by atoms with Gasteiger partial charge in [-0.1, -0.05) is 18.2 Å². The van der Waals surface area contributed by atoms with Gasteiger partial charge >= 0.3 is 12.1 Å². The SMILES string of the molecule is N#C/C(=C(/O)COC(=O)c1cccc(C(F)(F)F)c1)c1nc2ccccc2[nH]1. The quantitative estimate of drug-likeness (QED) is 0.397. The minimum absolute atomic E-state index is 0.0799. The monoisotopic (exact) mass is 387 g/mol. The zero-order valence-electron chi connectivity index (χ0n) is 14.1. The molecule has 0 radical (unpaired) electrons. The molecular formula is C19H12F3N3O3. The van der Waals surface area contributed by atoms with E-state index in [0.717, 1.165) is 18.2 Å². The summed E-state index contributed by atoms with van der Waals surface area (Å²) in [4.78, 5) is 19.0. The largest absolute Gasteiger partial charge is 0.507 e. The average Bonchev–Trinajstić information content (AvgIpc) is 3.09. The van der Waals surface area contributed by atoms with Gasteiger partial charge in [-0.2, -0.15) is 18.4 Å². The molecule has 28 heavy (non-hydrogen) atoms. The van der Waals surface area contributed by atoms with E-state index < -0.39 is 30.1 Å². The second-order valence-electron chi connectivity index (χ2n) is 5.69. The number of rotatable bonds is 4. The van der Waals surface area contributed by atoms with Gasteiger partial charge in [-0.15, -0.1) is 0 Å². The van der Waals surface area contributed by atoms with E-state index in [1.807, 2.05) is 0 Å². The fraction of sp³-hybridized carbons (Fsp3) is 0.105. The molecule has 2 N–H and O–H groups in total. The maximum atomic E-state index is 12.7. The molecule has 0 aliphatic carbocycles. The van der Waals surface area contributed by atoms with Crippen LogP contribution in [0.15, 0.2) is 54.3 Å². The van der Waals surface area contributed by atoms with Crippen LogP contribution in [-0.4, -0.2) is 27.7 Å². The third kappa shape index (κ3) is 3.96. The van der Waals surface area contributed by atoms with E-state index in [1.54, 1.807) is 30.3 Å². The molecule has 0 spiro atoms. The third-order valence-electron chi connectivity index (χ3n) is 3.79. The topological polar surface area (TPSA) is 99.0 Å². The molecule has 0 fully saturated rings. The number of ether oxygens (including phenoxy) is 1. The zero-order chi connectivity index (χ0) is 20.3. The number of aromatic amines is 1. The van der Waals surface area contributed by atoms with Gasteiger partial charge in [-0.3, -0.25) is 0 Å². The Morgan fingerprint density at radius 3 is 2.64 bits per heavy atom. The van der Waals surface area contributed by atoms with Crippen molar-refractivity contribution in [1.29, 1.82) is 5.26 Å². The molecule has 1 aromatic heterocycles. The number of carbonyl (C=O) groups excluding carboxylic acids is 1. The minimum atomic E-state index is -4.60. The molecule has 6 nitrogen and oxygen atoms in total. The fourth-order valence-electron chi connectivity index (χ4n) is 2.44. The number of nitrogens with one attached hydrogen (secondary N) is 1. The molecule has 142 valence electrons. The van der Waals surface area contributed by atoms with Crippen LogP contribution in [0.2, 0.25) is 0 Å². The maximum absolute atomic E-state index is 12.7. The van der Waals surface area contributed by atoms with Gasteiger partial charge in [0.05, 0.1) is 22.2 Å². The standard InChI is InChI=1S/C19H12F3N3O3/c20-19(21,22)12-5-3-4-11(8-12)18(27)28-10-16(26)13(9-23)17-24-14-6-1-2-7-15(14)25-17/h1-8,26H,10H2,(H,24,25)/b16-13-. The Morgan fingerprint density at radius 1 is 1.21 bits per heavy atom. The Kier molecular flexibility index (Phi) is 5.04. The van der Waals surface area contributed by atoms with Crippen LogP contribution in [0.3, 0.4) is 0 Å². The predicted octanol–water partition coefficient (Wildman–Crippen LogP) is 4.23. The summed E-state index contributed by atoms with van der Waals surface area (Å²) >= 11 is 0. The second-order valence-corrected chi connectivity index (χ2v) is 5.69. The predicted molar refractivity (Wildman–Crippen MR) is 93.0 cm³/mol. The Labute approximate surface area is 156 Å². The Morgan fingerprint density at radius 2 is 1.96 bits per heavy atom. The molecular weight excluding hydrogens is 375 g/mol. The molecule has 2 aromatic carbocycles. The second kappa shape index (κ2) is 7.44. The lowest BCUT2D eigenvalue weighted by Crippen LogP contribution is -2.11. The number of allylic oxidation sites excluding steroid dienone is 1. The molecule has 0 unspecified atom stereocenters. The van der Waals surface area contributed by atoms with E-state index in [1.165, 1.54) is 0 Å². The van der Waals surface area contributed by atoms with Crippen LogP contribution in [0.4, 0.5) is 13.2 Å². The molecule has 0 aliphatic heterocycles. The van der Waals surface area contributed by atoms with Gasteiger partial charge in [0.1, 0.15) is 18.2 Å². The summed E-state index contributed by atoms with van der Waals surface area (Å²) in [6.07, 6.45) is -4.60. The molecule has 9 heteroatoms. The number of aliphatic hydroxyl groups is 1. The number of alkyl halides is 3. The number of carbonyl (C=O) groups is 1. The summed E-state index contributed by atoms with van der Waals surface area (Å²) in [5, 5.41) is 19.4. The van der Waals surface area contributed by atoms with Crippen molar-refractivity contribution in [2.75, 3.05) is 6.61 Å². The van der Waals surface area contributed by atoms with Crippen molar-refractivity contribution in [2.45, 2.75) is 6.18 Å². The third-order valence-corrected chi connectivity index (χ3v) is 3.79. The van der Waals surface area contributed by atoms with Crippen molar-refractivity contribution in [1.82, 2.24) is 9.97 Å². The van der Waals surface area contributed by atoms with E-state index in [0.29, 0.717) is 17.1 Å². The van der Waals surface area contributed by atoms with E-state index >= 15 is 0 Å².